The Bertz CT molecular complexity index is 929. The van der Waals surface area contributed by atoms with E-state index in [1.165, 1.54) is 17.0 Å². The molecule has 6 atom stereocenters. The van der Waals surface area contributed by atoms with E-state index in [1.54, 1.807) is 6.07 Å². The number of nitrogens with one attached hydrogen (secondary N) is 1. The zero-order valence-corrected chi connectivity index (χ0v) is 20.7. The number of rotatable bonds is 6. The number of imide groups is 1. The second-order valence-electron chi connectivity index (χ2n) is 7.91. The number of fused-ring (bicyclic) bond motifs is 5. The van der Waals surface area contributed by atoms with Gasteiger partial charge in [-0.05, 0) is 36.5 Å². The molecule has 7 nitrogen and oxygen atoms in total. The number of likely N-dealkylation sites (tertiary alicyclic amines) is 1. The Hall–Kier alpha value is -1.16. The van der Waals surface area contributed by atoms with Crippen LogP contribution in [-0.2, 0) is 23.9 Å². The molecule has 1 aromatic carbocycles. The lowest BCUT2D eigenvalue weighted by Crippen LogP contribution is -2.37. The fourth-order valence-electron chi connectivity index (χ4n) is 4.83. The maximum Gasteiger partial charge on any atom is 0.308 e. The monoisotopic (exact) mass is 594 g/mol. The van der Waals surface area contributed by atoms with Gasteiger partial charge in [-0.2, -0.15) is 0 Å². The summed E-state index contributed by atoms with van der Waals surface area (Å²) in [6, 6.07) is 4.58. The second-order valence-corrected chi connectivity index (χ2v) is 10.9. The second kappa shape index (κ2) is 9.00. The zero-order valence-electron chi connectivity index (χ0n) is 16.0. The largest absolute Gasteiger partial charge is 0.456 e. The average Bonchev–Trinajstić information content (AvgIpc) is 3.32. The van der Waals surface area contributed by atoms with Crippen LogP contribution in [0.2, 0.25) is 10.0 Å². The minimum Gasteiger partial charge on any atom is -0.456 e. The Morgan fingerprint density at radius 3 is 2.29 bits per heavy atom. The van der Waals surface area contributed by atoms with E-state index in [-0.39, 0.29) is 63.1 Å². The van der Waals surface area contributed by atoms with E-state index in [9.17, 15) is 19.2 Å². The van der Waals surface area contributed by atoms with Crippen molar-refractivity contribution in [1.82, 2.24) is 4.90 Å². The first-order chi connectivity index (χ1) is 14.7. The van der Waals surface area contributed by atoms with Crippen LogP contribution in [-0.4, -0.2) is 51.4 Å². The minimum atomic E-state index is -0.672. The lowest BCUT2D eigenvalue weighted by molar-refractivity contribution is -0.149. The van der Waals surface area contributed by atoms with Crippen LogP contribution in [0.5, 0.6) is 0 Å². The molecule has 0 spiro atoms. The molecule has 1 aromatic rings. The van der Waals surface area contributed by atoms with Crippen molar-refractivity contribution in [1.29, 1.82) is 0 Å². The van der Waals surface area contributed by atoms with Gasteiger partial charge in [-0.1, -0.05) is 55.1 Å². The third-order valence-corrected chi connectivity index (χ3v) is 9.94. The lowest BCUT2D eigenvalue weighted by atomic mass is 9.81. The van der Waals surface area contributed by atoms with Gasteiger partial charge in [0.05, 0.1) is 29.0 Å². The van der Waals surface area contributed by atoms with Crippen LogP contribution in [0.1, 0.15) is 12.8 Å². The van der Waals surface area contributed by atoms with Crippen molar-refractivity contribution < 1.29 is 23.9 Å². The van der Waals surface area contributed by atoms with E-state index >= 15 is 0 Å². The third kappa shape index (κ3) is 4.26. The minimum absolute atomic E-state index is 0.0481. The number of hydrogen-bond donors (Lipinski definition) is 1. The van der Waals surface area contributed by atoms with Gasteiger partial charge >= 0.3 is 5.97 Å². The van der Waals surface area contributed by atoms with Crippen LogP contribution in [0.25, 0.3) is 0 Å². The first-order valence-corrected chi connectivity index (χ1v) is 12.3. The molecule has 4 rings (SSSR count). The number of carbonyl (C=O) groups is 4. The molecule has 3 fully saturated rings. The van der Waals surface area contributed by atoms with Gasteiger partial charge in [0.2, 0.25) is 11.8 Å². The molecule has 3 aliphatic rings. The Labute approximate surface area is 205 Å². The summed E-state index contributed by atoms with van der Waals surface area (Å²) in [6.45, 7) is -0.556. The average molecular weight is 597 g/mol. The lowest BCUT2D eigenvalue weighted by Gasteiger charge is -2.28. The van der Waals surface area contributed by atoms with Gasteiger partial charge in [-0.3, -0.25) is 24.1 Å². The number of carbonyl (C=O) groups excluding carboxylic acids is 4. The van der Waals surface area contributed by atoms with E-state index in [4.69, 9.17) is 27.9 Å². The first kappa shape index (κ1) is 23.0. The molecule has 31 heavy (non-hydrogen) atoms. The van der Waals surface area contributed by atoms with E-state index < -0.39 is 18.5 Å². The molecule has 1 saturated heterocycles. The molecular formula is C20H18Br2Cl2N2O5. The summed E-state index contributed by atoms with van der Waals surface area (Å²) >= 11 is 19.1. The van der Waals surface area contributed by atoms with E-state index in [0.29, 0.717) is 10.7 Å². The molecule has 166 valence electrons. The zero-order chi connectivity index (χ0) is 22.4. The van der Waals surface area contributed by atoms with Crippen LogP contribution in [0.3, 0.4) is 0 Å². The van der Waals surface area contributed by atoms with Gasteiger partial charge in [-0.25, -0.2) is 0 Å². The van der Waals surface area contributed by atoms with E-state index in [0.717, 1.165) is 6.42 Å². The van der Waals surface area contributed by atoms with Crippen molar-refractivity contribution in [3.63, 3.8) is 0 Å². The molecule has 2 bridgehead atoms. The number of ether oxygens (including phenoxy) is 1. The highest BCUT2D eigenvalue weighted by atomic mass is 79.9. The van der Waals surface area contributed by atoms with Crippen molar-refractivity contribution >= 4 is 84.4 Å². The highest BCUT2D eigenvalue weighted by molar-refractivity contribution is 9.12. The molecule has 1 aliphatic heterocycles. The molecule has 3 amide bonds. The van der Waals surface area contributed by atoms with Gasteiger partial charge in [-0.15, -0.1) is 0 Å². The van der Waals surface area contributed by atoms with Crippen molar-refractivity contribution in [2.45, 2.75) is 22.5 Å². The van der Waals surface area contributed by atoms with Crippen molar-refractivity contribution in [2.24, 2.45) is 23.7 Å². The number of alkyl halides is 2. The van der Waals surface area contributed by atoms with Crippen LogP contribution in [0.15, 0.2) is 18.2 Å². The van der Waals surface area contributed by atoms with E-state index in [2.05, 4.69) is 37.2 Å². The molecule has 0 aromatic heterocycles. The fraction of sp³-hybridized carbons (Fsp3) is 0.500. The quantitative estimate of drug-likeness (QED) is 0.308. The number of esters is 1. The van der Waals surface area contributed by atoms with Crippen LogP contribution >= 0.6 is 55.1 Å². The maximum absolute atomic E-state index is 12.8. The molecule has 2 saturated carbocycles. The molecule has 0 unspecified atom stereocenters. The molecule has 11 heteroatoms. The molecule has 2 aliphatic carbocycles. The summed E-state index contributed by atoms with van der Waals surface area (Å²) in [7, 11) is 0. The maximum atomic E-state index is 12.8. The smallest absolute Gasteiger partial charge is 0.308 e. The van der Waals surface area contributed by atoms with Crippen LogP contribution in [0.4, 0.5) is 5.69 Å². The number of nitrogens with zero attached hydrogens (tertiary/aromatic N) is 1. The van der Waals surface area contributed by atoms with Gasteiger partial charge < -0.3 is 10.1 Å². The van der Waals surface area contributed by atoms with Crippen LogP contribution in [0, 0.1) is 23.7 Å². The molecule has 1 N–H and O–H groups in total. The predicted molar refractivity (Wildman–Crippen MR) is 121 cm³/mol. The standard InChI is InChI=1S/C20H18Br2Cl2N2O5/c21-17-9-6-10(18(17)22)16-15(9)19(29)26(20(16)30)4-3-14(28)31-7-13(27)25-12-2-1-8(23)5-11(12)24/h1-2,5,9-10,15-18H,3-4,6-7H2,(H,25,27)/t9-,10-,15-,16-,17+,18+/m1/s1. The van der Waals surface area contributed by atoms with Gasteiger partial charge in [0.15, 0.2) is 6.61 Å². The Kier molecular flexibility index (Phi) is 6.68. The summed E-state index contributed by atoms with van der Waals surface area (Å²) < 4.78 is 4.97. The van der Waals surface area contributed by atoms with Crippen molar-refractivity contribution in [3.05, 3.63) is 28.2 Å². The van der Waals surface area contributed by atoms with Crippen molar-refractivity contribution in [2.75, 3.05) is 18.5 Å². The van der Waals surface area contributed by atoms with Gasteiger partial charge in [0.25, 0.3) is 5.91 Å². The molecule has 1 heterocycles. The highest BCUT2D eigenvalue weighted by Gasteiger charge is 2.66. The summed E-state index contributed by atoms with van der Waals surface area (Å²) in [4.78, 5) is 51.2. The van der Waals surface area contributed by atoms with Crippen molar-refractivity contribution in [3.8, 4) is 0 Å². The topological polar surface area (TPSA) is 92.8 Å². The van der Waals surface area contributed by atoms with Crippen LogP contribution < -0.4 is 5.32 Å². The first-order valence-electron chi connectivity index (χ1n) is 9.73. The predicted octanol–water partition coefficient (Wildman–Crippen LogP) is 3.64. The Balaban J connectivity index is 1.26. The number of hydrogen-bond acceptors (Lipinski definition) is 5. The SMILES string of the molecule is O=C(COC(=O)CCN1C(=O)[C@@H]2[C@H]3C[C@@H]([C@H](Br)[C@H]3Br)[C@H]2C1=O)Nc1ccc(Cl)cc1Cl. The number of halogens is 4. The van der Waals surface area contributed by atoms with Gasteiger partial charge in [0.1, 0.15) is 0 Å². The third-order valence-electron chi connectivity index (χ3n) is 6.19. The summed E-state index contributed by atoms with van der Waals surface area (Å²) in [5.74, 6) is -2.06. The molecular weight excluding hydrogens is 579 g/mol. The van der Waals surface area contributed by atoms with E-state index in [1.807, 2.05) is 0 Å². The Morgan fingerprint density at radius 1 is 1.10 bits per heavy atom. The number of amides is 3. The number of benzene rings is 1. The normalized spacial score (nSPS) is 31.2. The Morgan fingerprint density at radius 2 is 1.71 bits per heavy atom. The number of anilines is 1. The fourth-order valence-corrected chi connectivity index (χ4v) is 7.16. The summed E-state index contributed by atoms with van der Waals surface area (Å²) in [5, 5.41) is 3.21. The molecule has 0 radical (unpaired) electrons. The van der Waals surface area contributed by atoms with Gasteiger partial charge in [0, 0.05) is 21.2 Å². The summed E-state index contributed by atoms with van der Waals surface area (Å²) in [5.41, 5.74) is 0.344. The summed E-state index contributed by atoms with van der Waals surface area (Å²) in [6.07, 6.45) is 0.679. The highest BCUT2D eigenvalue weighted by Crippen LogP contribution is 2.60.